The molecular weight excluding hydrogens is 348 g/mol. The molecule has 6 heteroatoms. The van der Waals surface area contributed by atoms with Crippen LogP contribution >= 0.6 is 0 Å². The van der Waals surface area contributed by atoms with Gasteiger partial charge < -0.3 is 4.74 Å². The predicted molar refractivity (Wildman–Crippen MR) is 99.1 cm³/mol. The first-order valence-electron chi connectivity index (χ1n) is 9.54. The summed E-state index contributed by atoms with van der Waals surface area (Å²) in [6.07, 6.45) is 3.74. The number of hydrogen-bond acceptors (Lipinski definition) is 4. The molecule has 0 unspecified atom stereocenters. The second kappa shape index (κ2) is 8.00. The fraction of sp³-hybridized carbons (Fsp3) is 0.476. The SMILES string of the molecule is Fc1ccc(CN2CCC3(CC2)CN(Cc2ccccn2)CCO3)cc1F. The minimum atomic E-state index is -0.792. The third-order valence-electron chi connectivity index (χ3n) is 5.60. The zero-order valence-electron chi connectivity index (χ0n) is 15.4. The van der Waals surface area contributed by atoms with Crippen LogP contribution in [0.1, 0.15) is 24.1 Å². The number of pyridine rings is 1. The van der Waals surface area contributed by atoms with Crippen LogP contribution in [-0.2, 0) is 17.8 Å². The van der Waals surface area contributed by atoms with Gasteiger partial charge in [-0.2, -0.15) is 0 Å². The Morgan fingerprint density at radius 3 is 2.56 bits per heavy atom. The summed E-state index contributed by atoms with van der Waals surface area (Å²) >= 11 is 0. The number of halogens is 2. The molecule has 1 aromatic carbocycles. The first-order valence-corrected chi connectivity index (χ1v) is 9.54. The summed E-state index contributed by atoms with van der Waals surface area (Å²) in [5, 5.41) is 0. The van der Waals surface area contributed by atoms with Crippen LogP contribution in [0.25, 0.3) is 0 Å². The van der Waals surface area contributed by atoms with Gasteiger partial charge in [-0.15, -0.1) is 0 Å². The number of nitrogens with zero attached hydrogens (tertiary/aromatic N) is 3. The summed E-state index contributed by atoms with van der Waals surface area (Å²) in [4.78, 5) is 9.15. The molecule has 4 nitrogen and oxygen atoms in total. The number of hydrogen-bond donors (Lipinski definition) is 0. The lowest BCUT2D eigenvalue weighted by atomic mass is 9.89. The third-order valence-corrected chi connectivity index (χ3v) is 5.60. The fourth-order valence-electron chi connectivity index (χ4n) is 4.10. The van der Waals surface area contributed by atoms with Crippen molar-refractivity contribution in [3.63, 3.8) is 0 Å². The summed E-state index contributed by atoms with van der Waals surface area (Å²) in [7, 11) is 0. The Kier molecular flexibility index (Phi) is 5.48. The van der Waals surface area contributed by atoms with Crippen molar-refractivity contribution in [1.82, 2.24) is 14.8 Å². The Morgan fingerprint density at radius 2 is 1.81 bits per heavy atom. The summed E-state index contributed by atoms with van der Waals surface area (Å²) in [5.74, 6) is -1.57. The van der Waals surface area contributed by atoms with E-state index >= 15 is 0 Å². The van der Waals surface area contributed by atoms with Gasteiger partial charge in [-0.3, -0.25) is 14.8 Å². The van der Waals surface area contributed by atoms with Crippen molar-refractivity contribution in [3.8, 4) is 0 Å². The van der Waals surface area contributed by atoms with Gasteiger partial charge in [0.05, 0.1) is 17.9 Å². The lowest BCUT2D eigenvalue weighted by molar-refractivity contribution is -0.138. The molecule has 0 aliphatic carbocycles. The standard InChI is InChI=1S/C21H25F2N3O/c22-19-5-4-17(13-20(19)23)14-25-9-6-21(7-10-25)16-26(11-12-27-21)15-18-3-1-2-8-24-18/h1-5,8,13H,6-7,9-12,14-16H2. The first-order chi connectivity index (χ1) is 13.1. The van der Waals surface area contributed by atoms with E-state index in [1.807, 2.05) is 18.3 Å². The Morgan fingerprint density at radius 1 is 0.963 bits per heavy atom. The first kappa shape index (κ1) is 18.5. The molecule has 0 radical (unpaired) electrons. The van der Waals surface area contributed by atoms with E-state index < -0.39 is 11.6 Å². The van der Waals surface area contributed by atoms with Crippen LogP contribution in [0.4, 0.5) is 8.78 Å². The van der Waals surface area contributed by atoms with Gasteiger partial charge >= 0.3 is 0 Å². The van der Waals surface area contributed by atoms with Crippen molar-refractivity contribution in [1.29, 1.82) is 0 Å². The molecule has 2 aliphatic heterocycles. The van der Waals surface area contributed by atoms with Crippen molar-refractivity contribution >= 4 is 0 Å². The van der Waals surface area contributed by atoms with Crippen molar-refractivity contribution in [2.75, 3.05) is 32.8 Å². The molecule has 0 bridgehead atoms. The molecule has 2 aliphatic rings. The quantitative estimate of drug-likeness (QED) is 0.823. The monoisotopic (exact) mass is 373 g/mol. The zero-order chi connectivity index (χ0) is 18.7. The molecule has 4 rings (SSSR count). The van der Waals surface area contributed by atoms with Gasteiger partial charge in [-0.1, -0.05) is 12.1 Å². The van der Waals surface area contributed by atoms with Gasteiger partial charge in [0, 0.05) is 45.5 Å². The van der Waals surface area contributed by atoms with E-state index in [0.717, 1.165) is 63.4 Å². The van der Waals surface area contributed by atoms with Gasteiger partial charge in [0.15, 0.2) is 11.6 Å². The van der Waals surface area contributed by atoms with Gasteiger partial charge in [0.2, 0.25) is 0 Å². The summed E-state index contributed by atoms with van der Waals surface area (Å²) in [6.45, 7) is 5.89. The highest BCUT2D eigenvalue weighted by Crippen LogP contribution is 2.31. The maximum atomic E-state index is 13.4. The largest absolute Gasteiger partial charge is 0.372 e. The number of aromatic nitrogens is 1. The predicted octanol–water partition coefficient (Wildman–Crippen LogP) is 3.23. The van der Waals surface area contributed by atoms with Crippen LogP contribution in [0.15, 0.2) is 42.6 Å². The Labute approximate surface area is 158 Å². The maximum absolute atomic E-state index is 13.4. The number of piperidine rings is 1. The third kappa shape index (κ3) is 4.51. The van der Waals surface area contributed by atoms with E-state index in [0.29, 0.717) is 6.54 Å². The van der Waals surface area contributed by atoms with Crippen LogP contribution in [0.3, 0.4) is 0 Å². The van der Waals surface area contributed by atoms with E-state index in [1.54, 1.807) is 6.07 Å². The number of likely N-dealkylation sites (tertiary alicyclic amines) is 1. The summed E-state index contributed by atoms with van der Waals surface area (Å²) in [5.41, 5.74) is 1.80. The number of morpholine rings is 1. The van der Waals surface area contributed by atoms with E-state index in [1.165, 1.54) is 12.1 Å². The van der Waals surface area contributed by atoms with Crippen molar-refractivity contribution < 1.29 is 13.5 Å². The van der Waals surface area contributed by atoms with Crippen LogP contribution in [0.5, 0.6) is 0 Å². The highest BCUT2D eigenvalue weighted by Gasteiger charge is 2.39. The van der Waals surface area contributed by atoms with Gasteiger partial charge in [-0.25, -0.2) is 8.78 Å². The van der Waals surface area contributed by atoms with Gasteiger partial charge in [0.25, 0.3) is 0 Å². The molecule has 0 saturated carbocycles. The Balaban J connectivity index is 1.32. The average molecular weight is 373 g/mol. The summed E-state index contributed by atoms with van der Waals surface area (Å²) in [6, 6.07) is 10.2. The molecular formula is C21H25F2N3O. The van der Waals surface area contributed by atoms with E-state index in [-0.39, 0.29) is 5.60 Å². The smallest absolute Gasteiger partial charge is 0.159 e. The molecule has 0 amide bonds. The molecule has 1 spiro atoms. The van der Waals surface area contributed by atoms with Gasteiger partial charge in [0.1, 0.15) is 0 Å². The molecule has 3 heterocycles. The number of benzene rings is 1. The highest BCUT2D eigenvalue weighted by atomic mass is 19.2. The highest BCUT2D eigenvalue weighted by molar-refractivity contribution is 5.18. The maximum Gasteiger partial charge on any atom is 0.159 e. The average Bonchev–Trinajstić information content (AvgIpc) is 2.68. The second-order valence-corrected chi connectivity index (χ2v) is 7.59. The molecule has 0 atom stereocenters. The molecule has 0 N–H and O–H groups in total. The lowest BCUT2D eigenvalue weighted by Gasteiger charge is -2.47. The Hall–Kier alpha value is -1.89. The molecule has 1 aromatic heterocycles. The van der Waals surface area contributed by atoms with Crippen molar-refractivity contribution in [2.45, 2.75) is 31.5 Å². The van der Waals surface area contributed by atoms with E-state index in [2.05, 4.69) is 20.9 Å². The second-order valence-electron chi connectivity index (χ2n) is 7.59. The fourth-order valence-corrected chi connectivity index (χ4v) is 4.10. The topological polar surface area (TPSA) is 28.6 Å². The van der Waals surface area contributed by atoms with Crippen LogP contribution < -0.4 is 0 Å². The molecule has 2 aromatic rings. The molecule has 144 valence electrons. The number of rotatable bonds is 4. The van der Waals surface area contributed by atoms with E-state index in [9.17, 15) is 8.78 Å². The zero-order valence-corrected chi connectivity index (χ0v) is 15.4. The minimum absolute atomic E-state index is 0.0996. The molecule has 2 fully saturated rings. The van der Waals surface area contributed by atoms with Crippen LogP contribution in [0, 0.1) is 11.6 Å². The normalized spacial score (nSPS) is 20.8. The van der Waals surface area contributed by atoms with Gasteiger partial charge in [-0.05, 0) is 42.7 Å². The molecule has 27 heavy (non-hydrogen) atoms. The Bertz CT molecular complexity index is 763. The van der Waals surface area contributed by atoms with Crippen molar-refractivity contribution in [3.05, 3.63) is 65.5 Å². The van der Waals surface area contributed by atoms with Crippen LogP contribution in [0.2, 0.25) is 0 Å². The summed E-state index contributed by atoms with van der Waals surface area (Å²) < 4.78 is 32.7. The van der Waals surface area contributed by atoms with Crippen molar-refractivity contribution in [2.24, 2.45) is 0 Å². The van der Waals surface area contributed by atoms with E-state index in [4.69, 9.17) is 4.74 Å². The molecule has 2 saturated heterocycles. The van der Waals surface area contributed by atoms with Crippen LogP contribution in [-0.4, -0.2) is 53.2 Å². The lowest BCUT2D eigenvalue weighted by Crippen LogP contribution is -2.56. The number of ether oxygens (including phenoxy) is 1. The minimum Gasteiger partial charge on any atom is -0.372 e.